The Labute approximate surface area is 138 Å². The van der Waals surface area contributed by atoms with Gasteiger partial charge in [0.15, 0.2) is 5.96 Å². The number of aromatic nitrogens is 3. The van der Waals surface area contributed by atoms with E-state index in [2.05, 4.69) is 61.6 Å². The third-order valence-electron chi connectivity index (χ3n) is 3.66. The summed E-state index contributed by atoms with van der Waals surface area (Å²) in [5.41, 5.74) is 1.37. The van der Waals surface area contributed by atoms with Crippen molar-refractivity contribution in [1.82, 2.24) is 25.4 Å². The second-order valence-corrected chi connectivity index (χ2v) is 5.31. The van der Waals surface area contributed by atoms with E-state index in [9.17, 15) is 0 Å². The molecule has 0 aliphatic heterocycles. The van der Waals surface area contributed by atoms with Crippen LogP contribution in [-0.4, -0.2) is 40.9 Å². The number of hydrogen-bond donors (Lipinski definition) is 2. The zero-order valence-electron chi connectivity index (χ0n) is 14.0. The van der Waals surface area contributed by atoms with E-state index in [-0.39, 0.29) is 0 Å². The summed E-state index contributed by atoms with van der Waals surface area (Å²) in [4.78, 5) is 4.25. The van der Waals surface area contributed by atoms with E-state index in [4.69, 9.17) is 0 Å². The lowest BCUT2D eigenvalue weighted by atomic mass is 10.1. The molecule has 23 heavy (non-hydrogen) atoms. The number of guanidine groups is 1. The van der Waals surface area contributed by atoms with E-state index < -0.39 is 0 Å². The second kappa shape index (κ2) is 9.61. The number of aryl methyl sites for hydroxylation is 2. The normalized spacial score (nSPS) is 11.5. The Balaban J connectivity index is 1.63. The Hall–Kier alpha value is -2.37. The quantitative estimate of drug-likeness (QED) is 0.441. The van der Waals surface area contributed by atoms with E-state index in [0.29, 0.717) is 0 Å². The van der Waals surface area contributed by atoms with Crippen molar-refractivity contribution in [3.05, 3.63) is 48.0 Å². The molecular weight excluding hydrogens is 288 g/mol. The van der Waals surface area contributed by atoms with E-state index in [1.54, 1.807) is 13.4 Å². The third-order valence-corrected chi connectivity index (χ3v) is 3.66. The fraction of sp³-hybridized carbons (Fsp3) is 0.471. The van der Waals surface area contributed by atoms with Crippen LogP contribution in [0.4, 0.5) is 0 Å². The number of aliphatic imine (C=N–C) groups is 1. The Bertz CT molecular complexity index is 590. The molecule has 124 valence electrons. The highest BCUT2D eigenvalue weighted by molar-refractivity contribution is 5.79. The number of rotatable bonds is 8. The molecule has 0 saturated heterocycles. The predicted octanol–water partition coefficient (Wildman–Crippen LogP) is 1.64. The molecule has 0 unspecified atom stereocenters. The first-order valence-electron chi connectivity index (χ1n) is 8.18. The van der Waals surface area contributed by atoms with E-state index in [1.165, 1.54) is 5.56 Å². The van der Waals surface area contributed by atoms with Gasteiger partial charge < -0.3 is 15.2 Å². The lowest BCUT2D eigenvalue weighted by molar-refractivity contribution is 0.630. The number of nitrogens with zero attached hydrogens (tertiary/aromatic N) is 4. The van der Waals surface area contributed by atoms with Crippen LogP contribution in [0.1, 0.15) is 24.7 Å². The summed E-state index contributed by atoms with van der Waals surface area (Å²) in [6.45, 7) is 4.62. The van der Waals surface area contributed by atoms with Gasteiger partial charge in [0.05, 0.1) is 0 Å². The van der Waals surface area contributed by atoms with Crippen molar-refractivity contribution < 1.29 is 0 Å². The number of benzene rings is 1. The van der Waals surface area contributed by atoms with Gasteiger partial charge >= 0.3 is 0 Å². The first kappa shape index (κ1) is 17.0. The molecule has 6 nitrogen and oxygen atoms in total. The van der Waals surface area contributed by atoms with Gasteiger partial charge in [-0.25, -0.2) is 0 Å². The molecule has 1 heterocycles. The van der Waals surface area contributed by atoms with Crippen LogP contribution in [0.5, 0.6) is 0 Å². The monoisotopic (exact) mass is 314 g/mol. The average molecular weight is 314 g/mol. The van der Waals surface area contributed by atoms with Crippen LogP contribution in [0.2, 0.25) is 0 Å². The fourth-order valence-electron chi connectivity index (χ4n) is 2.40. The Morgan fingerprint density at radius 2 is 1.96 bits per heavy atom. The van der Waals surface area contributed by atoms with Gasteiger partial charge in [-0.1, -0.05) is 37.3 Å². The third kappa shape index (κ3) is 5.73. The summed E-state index contributed by atoms with van der Waals surface area (Å²) in [6, 6.07) is 10.5. The number of hydrogen-bond acceptors (Lipinski definition) is 3. The van der Waals surface area contributed by atoms with Gasteiger partial charge in [-0.05, 0) is 18.4 Å². The van der Waals surface area contributed by atoms with Crippen molar-refractivity contribution in [2.75, 3.05) is 20.1 Å². The average Bonchev–Trinajstić information content (AvgIpc) is 3.05. The van der Waals surface area contributed by atoms with Crippen molar-refractivity contribution in [2.24, 2.45) is 4.99 Å². The van der Waals surface area contributed by atoms with Crippen LogP contribution in [-0.2, 0) is 19.4 Å². The lowest BCUT2D eigenvalue weighted by Crippen LogP contribution is -2.39. The van der Waals surface area contributed by atoms with Crippen molar-refractivity contribution in [1.29, 1.82) is 0 Å². The molecule has 0 aliphatic rings. The fourth-order valence-corrected chi connectivity index (χ4v) is 2.40. The lowest BCUT2D eigenvalue weighted by Gasteiger charge is -2.12. The largest absolute Gasteiger partial charge is 0.356 e. The highest BCUT2D eigenvalue weighted by Gasteiger charge is 2.02. The van der Waals surface area contributed by atoms with Gasteiger partial charge in [-0.3, -0.25) is 4.99 Å². The van der Waals surface area contributed by atoms with Crippen LogP contribution in [0.15, 0.2) is 41.7 Å². The van der Waals surface area contributed by atoms with Crippen LogP contribution in [0.25, 0.3) is 0 Å². The van der Waals surface area contributed by atoms with E-state index >= 15 is 0 Å². The number of nitrogens with one attached hydrogen (secondary N) is 2. The molecule has 0 atom stereocenters. The van der Waals surface area contributed by atoms with Crippen molar-refractivity contribution >= 4 is 5.96 Å². The van der Waals surface area contributed by atoms with E-state index in [0.717, 1.165) is 50.7 Å². The van der Waals surface area contributed by atoms with Gasteiger partial charge in [0.2, 0.25) is 0 Å². The first-order chi connectivity index (χ1) is 11.3. The van der Waals surface area contributed by atoms with Crippen LogP contribution in [0, 0.1) is 0 Å². The summed E-state index contributed by atoms with van der Waals surface area (Å²) >= 11 is 0. The molecule has 0 aliphatic carbocycles. The van der Waals surface area contributed by atoms with Crippen molar-refractivity contribution in [3.63, 3.8) is 0 Å². The zero-order valence-corrected chi connectivity index (χ0v) is 14.0. The Morgan fingerprint density at radius 1 is 1.17 bits per heavy atom. The van der Waals surface area contributed by atoms with Gasteiger partial charge in [0.25, 0.3) is 0 Å². The highest BCUT2D eigenvalue weighted by Crippen LogP contribution is 2.01. The molecule has 2 rings (SSSR count). The maximum Gasteiger partial charge on any atom is 0.191 e. The van der Waals surface area contributed by atoms with Gasteiger partial charge in [-0.15, -0.1) is 10.2 Å². The maximum absolute atomic E-state index is 4.25. The summed E-state index contributed by atoms with van der Waals surface area (Å²) in [6.07, 6.45) is 4.82. The molecule has 1 aromatic carbocycles. The summed E-state index contributed by atoms with van der Waals surface area (Å²) in [7, 11) is 1.79. The summed E-state index contributed by atoms with van der Waals surface area (Å²) in [5, 5.41) is 14.7. The standard InChI is InChI=1S/C17H26N6/c1-3-16-22-21-14-23(16)13-12-20-17(18-2)19-11-7-10-15-8-5-4-6-9-15/h4-6,8-9,14H,3,7,10-13H2,1-2H3,(H2,18,19,20). The van der Waals surface area contributed by atoms with Gasteiger partial charge in [0, 0.05) is 33.1 Å². The molecule has 0 saturated carbocycles. The highest BCUT2D eigenvalue weighted by atomic mass is 15.3. The van der Waals surface area contributed by atoms with Crippen LogP contribution >= 0.6 is 0 Å². The molecule has 0 spiro atoms. The van der Waals surface area contributed by atoms with Gasteiger partial charge in [-0.2, -0.15) is 0 Å². The zero-order chi connectivity index (χ0) is 16.3. The topological polar surface area (TPSA) is 67.1 Å². The Morgan fingerprint density at radius 3 is 2.70 bits per heavy atom. The van der Waals surface area contributed by atoms with Crippen molar-refractivity contribution in [3.8, 4) is 0 Å². The van der Waals surface area contributed by atoms with Crippen LogP contribution in [0.3, 0.4) is 0 Å². The molecule has 0 fully saturated rings. The minimum Gasteiger partial charge on any atom is -0.356 e. The predicted molar refractivity (Wildman–Crippen MR) is 93.5 cm³/mol. The minimum absolute atomic E-state index is 0.795. The van der Waals surface area contributed by atoms with E-state index in [1.807, 2.05) is 6.07 Å². The smallest absolute Gasteiger partial charge is 0.191 e. The Kier molecular flexibility index (Phi) is 7.10. The molecular formula is C17H26N6. The van der Waals surface area contributed by atoms with Gasteiger partial charge in [0.1, 0.15) is 12.2 Å². The molecule has 0 bridgehead atoms. The molecule has 0 radical (unpaired) electrons. The molecule has 0 amide bonds. The first-order valence-corrected chi connectivity index (χ1v) is 8.18. The maximum atomic E-state index is 4.25. The molecule has 6 heteroatoms. The van der Waals surface area contributed by atoms with Crippen LogP contribution < -0.4 is 10.6 Å². The summed E-state index contributed by atoms with van der Waals surface area (Å²) < 4.78 is 2.07. The molecule has 2 N–H and O–H groups in total. The molecule has 1 aromatic heterocycles. The summed E-state index contributed by atoms with van der Waals surface area (Å²) in [5.74, 6) is 1.85. The minimum atomic E-state index is 0.795. The molecule has 2 aromatic rings. The van der Waals surface area contributed by atoms with Crippen molar-refractivity contribution in [2.45, 2.75) is 32.7 Å². The second-order valence-electron chi connectivity index (χ2n) is 5.31. The SMILES string of the molecule is CCc1nncn1CCNC(=NC)NCCCc1ccccc1.